The zero-order valence-electron chi connectivity index (χ0n) is 10.9. The monoisotopic (exact) mass is 234 g/mol. The molecule has 0 amide bonds. The maximum atomic E-state index is 4.32. The first-order valence-corrected chi connectivity index (χ1v) is 5.64. The summed E-state index contributed by atoms with van der Waals surface area (Å²) in [6, 6.07) is 0.195. The second-order valence-corrected chi connectivity index (χ2v) is 4.26. The summed E-state index contributed by atoms with van der Waals surface area (Å²) in [5, 5.41) is 15.9. The summed E-state index contributed by atoms with van der Waals surface area (Å²) in [7, 11) is 3.82. The molecular formula is C11H18N6. The van der Waals surface area contributed by atoms with E-state index in [0.717, 1.165) is 22.8 Å². The van der Waals surface area contributed by atoms with E-state index in [2.05, 4.69) is 27.7 Å². The van der Waals surface area contributed by atoms with Crippen LogP contribution in [0, 0.1) is 13.8 Å². The molecule has 0 aliphatic rings. The normalized spacial score (nSPS) is 13.0. The Balaban J connectivity index is 2.47. The van der Waals surface area contributed by atoms with Crippen LogP contribution in [-0.4, -0.2) is 31.8 Å². The number of nitrogens with one attached hydrogen (secondary N) is 1. The molecule has 0 aromatic carbocycles. The van der Waals surface area contributed by atoms with Crippen molar-refractivity contribution in [2.45, 2.75) is 26.8 Å². The van der Waals surface area contributed by atoms with Gasteiger partial charge in [-0.15, -0.1) is 5.10 Å². The van der Waals surface area contributed by atoms with Gasteiger partial charge in [-0.1, -0.05) is 5.21 Å². The van der Waals surface area contributed by atoms with Gasteiger partial charge in [-0.25, -0.2) is 4.68 Å². The highest BCUT2D eigenvalue weighted by Gasteiger charge is 2.16. The zero-order valence-corrected chi connectivity index (χ0v) is 10.9. The van der Waals surface area contributed by atoms with Crippen LogP contribution in [0.2, 0.25) is 0 Å². The van der Waals surface area contributed by atoms with Crippen LogP contribution < -0.4 is 5.32 Å². The average Bonchev–Trinajstić information content (AvgIpc) is 2.81. The molecule has 0 fully saturated rings. The van der Waals surface area contributed by atoms with E-state index in [0.29, 0.717) is 0 Å². The fraction of sp³-hybridized carbons (Fsp3) is 0.545. The fourth-order valence-corrected chi connectivity index (χ4v) is 1.90. The minimum Gasteiger partial charge on any atom is -0.312 e. The first-order chi connectivity index (χ1) is 8.04. The van der Waals surface area contributed by atoms with E-state index in [9.17, 15) is 0 Å². The van der Waals surface area contributed by atoms with Gasteiger partial charge in [-0.3, -0.25) is 4.68 Å². The summed E-state index contributed by atoms with van der Waals surface area (Å²) in [6.45, 7) is 6.06. The van der Waals surface area contributed by atoms with Gasteiger partial charge in [0.2, 0.25) is 0 Å². The Morgan fingerprint density at radius 3 is 2.59 bits per heavy atom. The van der Waals surface area contributed by atoms with Gasteiger partial charge >= 0.3 is 0 Å². The van der Waals surface area contributed by atoms with Crippen LogP contribution in [-0.2, 0) is 7.05 Å². The lowest BCUT2D eigenvalue weighted by molar-refractivity contribution is 0.627. The van der Waals surface area contributed by atoms with Gasteiger partial charge in [0, 0.05) is 7.05 Å². The summed E-state index contributed by atoms with van der Waals surface area (Å²) in [5.41, 5.74) is 3.94. The number of nitrogens with zero attached hydrogens (tertiary/aromatic N) is 5. The second kappa shape index (κ2) is 4.29. The Bertz CT molecular complexity index is 524. The summed E-state index contributed by atoms with van der Waals surface area (Å²) in [5.74, 6) is 0. The van der Waals surface area contributed by atoms with Crippen LogP contribution in [0.1, 0.15) is 30.0 Å². The lowest BCUT2D eigenvalue weighted by Crippen LogP contribution is -2.14. The largest absolute Gasteiger partial charge is 0.312 e. The van der Waals surface area contributed by atoms with Gasteiger partial charge in [0.05, 0.1) is 23.6 Å². The molecule has 0 aliphatic carbocycles. The van der Waals surface area contributed by atoms with Crippen molar-refractivity contribution in [1.82, 2.24) is 30.1 Å². The summed E-state index contributed by atoms with van der Waals surface area (Å²) in [6.07, 6.45) is 1.95. The van der Waals surface area contributed by atoms with Crippen molar-refractivity contribution >= 4 is 0 Å². The highest BCUT2D eigenvalue weighted by Crippen LogP contribution is 2.18. The highest BCUT2D eigenvalue weighted by molar-refractivity contribution is 5.35. The molecule has 6 heteroatoms. The molecule has 0 aliphatic heterocycles. The number of rotatable bonds is 3. The summed E-state index contributed by atoms with van der Waals surface area (Å²) >= 11 is 0. The molecule has 2 aromatic rings. The maximum absolute atomic E-state index is 4.32. The van der Waals surface area contributed by atoms with Gasteiger partial charge < -0.3 is 5.32 Å². The third kappa shape index (κ3) is 1.95. The van der Waals surface area contributed by atoms with Gasteiger partial charge in [0.1, 0.15) is 11.4 Å². The fourth-order valence-electron chi connectivity index (χ4n) is 1.90. The van der Waals surface area contributed by atoms with Gasteiger partial charge in [-0.05, 0) is 27.8 Å². The quantitative estimate of drug-likeness (QED) is 0.857. The van der Waals surface area contributed by atoms with Crippen LogP contribution in [0.3, 0.4) is 0 Å². The third-order valence-corrected chi connectivity index (χ3v) is 2.99. The molecule has 2 heterocycles. The van der Waals surface area contributed by atoms with Gasteiger partial charge in [0.15, 0.2) is 0 Å². The van der Waals surface area contributed by atoms with Crippen LogP contribution >= 0.6 is 0 Å². The van der Waals surface area contributed by atoms with E-state index in [4.69, 9.17) is 0 Å². The lowest BCUT2D eigenvalue weighted by atomic mass is 10.2. The number of aryl methyl sites for hydroxylation is 2. The Hall–Kier alpha value is -1.69. The molecule has 1 N–H and O–H groups in total. The SMILES string of the molecule is CNC(C)c1nnn(-c2cn(C)nc2C)c1C. The second-order valence-electron chi connectivity index (χ2n) is 4.26. The Labute approximate surface area is 101 Å². The van der Waals surface area contributed by atoms with Crippen LogP contribution in [0.4, 0.5) is 0 Å². The molecule has 0 radical (unpaired) electrons. The van der Waals surface area contributed by atoms with Gasteiger partial charge in [-0.2, -0.15) is 5.10 Å². The molecule has 1 unspecified atom stereocenters. The van der Waals surface area contributed by atoms with Crippen LogP contribution in [0.15, 0.2) is 6.20 Å². The van der Waals surface area contributed by atoms with E-state index in [1.165, 1.54) is 0 Å². The average molecular weight is 234 g/mol. The molecule has 92 valence electrons. The first kappa shape index (κ1) is 11.8. The van der Waals surface area contributed by atoms with Crippen molar-refractivity contribution in [3.8, 4) is 5.69 Å². The van der Waals surface area contributed by atoms with E-state index in [1.54, 1.807) is 4.68 Å². The minimum absolute atomic E-state index is 0.195. The highest BCUT2D eigenvalue weighted by atomic mass is 15.5. The summed E-state index contributed by atoms with van der Waals surface area (Å²) in [4.78, 5) is 0. The smallest absolute Gasteiger partial charge is 0.107 e. The van der Waals surface area contributed by atoms with Crippen molar-refractivity contribution in [3.05, 3.63) is 23.3 Å². The standard InChI is InChI=1S/C11H18N6/c1-7-10(6-16(5)14-7)17-9(3)11(13-15-17)8(2)12-4/h6,8,12H,1-5H3. The molecule has 0 saturated heterocycles. The number of aromatic nitrogens is 5. The van der Waals surface area contributed by atoms with Crippen LogP contribution in [0.25, 0.3) is 5.69 Å². The zero-order chi connectivity index (χ0) is 12.6. The van der Waals surface area contributed by atoms with Gasteiger partial charge in [0.25, 0.3) is 0 Å². The predicted molar refractivity (Wildman–Crippen MR) is 65.1 cm³/mol. The van der Waals surface area contributed by atoms with Crippen LogP contribution in [0.5, 0.6) is 0 Å². The van der Waals surface area contributed by atoms with Crippen molar-refractivity contribution in [3.63, 3.8) is 0 Å². The molecule has 0 saturated carbocycles. The van der Waals surface area contributed by atoms with Crippen molar-refractivity contribution < 1.29 is 0 Å². The Morgan fingerprint density at radius 1 is 1.35 bits per heavy atom. The molecule has 2 rings (SSSR count). The molecule has 0 bridgehead atoms. The number of hydrogen-bond donors (Lipinski definition) is 1. The Kier molecular flexibility index (Phi) is 2.97. The third-order valence-electron chi connectivity index (χ3n) is 2.99. The number of hydrogen-bond acceptors (Lipinski definition) is 4. The molecule has 1 atom stereocenters. The molecule has 2 aromatic heterocycles. The molecular weight excluding hydrogens is 216 g/mol. The van der Waals surface area contributed by atoms with E-state index >= 15 is 0 Å². The van der Waals surface area contributed by atoms with E-state index in [-0.39, 0.29) is 6.04 Å². The molecule has 0 spiro atoms. The first-order valence-electron chi connectivity index (χ1n) is 5.64. The van der Waals surface area contributed by atoms with Crippen molar-refractivity contribution in [1.29, 1.82) is 0 Å². The Morgan fingerprint density at radius 2 is 2.06 bits per heavy atom. The minimum atomic E-state index is 0.195. The molecule has 17 heavy (non-hydrogen) atoms. The van der Waals surface area contributed by atoms with E-state index in [1.807, 2.05) is 38.8 Å². The maximum Gasteiger partial charge on any atom is 0.107 e. The van der Waals surface area contributed by atoms with Crippen molar-refractivity contribution in [2.24, 2.45) is 7.05 Å². The molecule has 6 nitrogen and oxygen atoms in total. The van der Waals surface area contributed by atoms with E-state index < -0.39 is 0 Å². The summed E-state index contributed by atoms with van der Waals surface area (Å²) < 4.78 is 3.62. The predicted octanol–water partition coefficient (Wildman–Crippen LogP) is 0.898. The topological polar surface area (TPSA) is 60.6 Å². The lowest BCUT2D eigenvalue weighted by Gasteiger charge is -2.07. The van der Waals surface area contributed by atoms with Crippen molar-refractivity contribution in [2.75, 3.05) is 7.05 Å².